The molecule has 8 heteroatoms. The van der Waals surface area contributed by atoms with Gasteiger partial charge in [0.15, 0.2) is 0 Å². The van der Waals surface area contributed by atoms with E-state index in [-0.39, 0.29) is 9.92 Å². The van der Waals surface area contributed by atoms with E-state index in [1.807, 2.05) is 4.72 Å². The monoisotopic (exact) mass is 315 g/mol. The first-order valence-corrected chi connectivity index (χ1v) is 7.74. The van der Waals surface area contributed by atoms with Crippen LogP contribution in [0.2, 0.25) is 5.02 Å². The van der Waals surface area contributed by atoms with Crippen molar-refractivity contribution in [3.05, 3.63) is 29.3 Å². The molecular weight excluding hydrogens is 302 g/mol. The Balaban J connectivity index is 2.24. The molecule has 0 unspecified atom stereocenters. The van der Waals surface area contributed by atoms with Crippen LogP contribution >= 0.6 is 11.6 Å². The lowest BCUT2D eigenvalue weighted by Gasteiger charge is -2.28. The Hall–Kier alpha value is -1.60. The lowest BCUT2D eigenvalue weighted by molar-refractivity contribution is 0.159. The molecule has 1 aromatic rings. The van der Waals surface area contributed by atoms with Crippen LogP contribution in [-0.4, -0.2) is 31.2 Å². The molecule has 0 aromatic heterocycles. The van der Waals surface area contributed by atoms with Gasteiger partial charge in [-0.1, -0.05) is 23.7 Å². The van der Waals surface area contributed by atoms with Crippen LogP contribution in [0.3, 0.4) is 0 Å². The summed E-state index contributed by atoms with van der Waals surface area (Å²) in [6, 6.07) is 5.11. The number of carbonyl (C=O) groups is 1. The van der Waals surface area contributed by atoms with Crippen molar-refractivity contribution in [1.29, 1.82) is 0 Å². The number of hydrogen-bond acceptors (Lipinski definition) is 4. The van der Waals surface area contributed by atoms with Gasteiger partial charge in [-0.25, -0.2) is 22.9 Å². The third-order valence-electron chi connectivity index (χ3n) is 2.90. The van der Waals surface area contributed by atoms with Gasteiger partial charge in [0.05, 0.1) is 10.6 Å². The number of nitrogens with zero attached hydrogens (tertiary/aromatic N) is 2. The number of carbonyl (C=O) groups excluding carboxylic acids is 1. The second-order valence-corrected chi connectivity index (χ2v) is 7.03. The summed E-state index contributed by atoms with van der Waals surface area (Å²) in [4.78, 5) is 11.9. The molecule has 20 heavy (non-hydrogen) atoms. The molecule has 6 nitrogen and oxygen atoms in total. The summed E-state index contributed by atoms with van der Waals surface area (Å²) in [6.45, 7) is 3.59. The zero-order valence-electron chi connectivity index (χ0n) is 11.0. The summed E-state index contributed by atoms with van der Waals surface area (Å²) >= 11 is 5.83. The third kappa shape index (κ3) is 2.78. The number of rotatable bonds is 2. The quantitative estimate of drug-likeness (QED) is 0.908. The van der Waals surface area contributed by atoms with E-state index in [0.717, 1.165) is 5.01 Å². The highest BCUT2D eigenvalue weighted by molar-refractivity contribution is 7.90. The molecule has 108 valence electrons. The lowest BCUT2D eigenvalue weighted by Crippen LogP contribution is -2.47. The normalized spacial score (nSPS) is 17.2. The van der Waals surface area contributed by atoms with Crippen molar-refractivity contribution in [3.8, 4) is 0 Å². The first-order valence-electron chi connectivity index (χ1n) is 5.88. The fourth-order valence-corrected chi connectivity index (χ4v) is 3.24. The minimum atomic E-state index is -4.02. The molecule has 0 radical (unpaired) electrons. The van der Waals surface area contributed by atoms with Gasteiger partial charge in [-0.3, -0.25) is 0 Å². The van der Waals surface area contributed by atoms with Crippen LogP contribution in [-0.2, 0) is 10.0 Å². The van der Waals surface area contributed by atoms with Crippen LogP contribution in [0.25, 0.3) is 0 Å². The molecule has 0 saturated heterocycles. The van der Waals surface area contributed by atoms with Gasteiger partial charge >= 0.3 is 6.03 Å². The minimum Gasteiger partial charge on any atom is -0.245 e. The van der Waals surface area contributed by atoms with Crippen molar-refractivity contribution in [2.75, 3.05) is 0 Å². The first kappa shape index (κ1) is 14.8. The predicted molar refractivity (Wildman–Crippen MR) is 76.2 cm³/mol. The number of sulfonamides is 1. The second-order valence-electron chi connectivity index (χ2n) is 4.97. The molecule has 0 spiro atoms. The van der Waals surface area contributed by atoms with E-state index in [2.05, 4.69) is 5.10 Å². The summed E-state index contributed by atoms with van der Waals surface area (Å²) in [5, 5.41) is 5.05. The number of urea groups is 1. The highest BCUT2D eigenvalue weighted by atomic mass is 35.5. The van der Waals surface area contributed by atoms with Gasteiger partial charge in [0.2, 0.25) is 0 Å². The maximum Gasteiger partial charge on any atom is 0.352 e. The molecule has 1 aromatic carbocycles. The standard InChI is InChI=1S/C12H14ClN3O3S/c1-12(2)7-8-14-16(12)11(17)15-20(18,19)10-6-4-3-5-9(10)13/h3-6,8H,7H2,1-2H3,(H,15,17). The van der Waals surface area contributed by atoms with E-state index >= 15 is 0 Å². The lowest BCUT2D eigenvalue weighted by atomic mass is 10.0. The van der Waals surface area contributed by atoms with Gasteiger partial charge in [0, 0.05) is 12.6 Å². The summed E-state index contributed by atoms with van der Waals surface area (Å²) in [6.07, 6.45) is 2.13. The largest absolute Gasteiger partial charge is 0.352 e. The molecule has 1 heterocycles. The number of amides is 2. The number of benzene rings is 1. The number of hydrogen-bond donors (Lipinski definition) is 1. The highest BCUT2D eigenvalue weighted by Gasteiger charge is 2.36. The van der Waals surface area contributed by atoms with Crippen molar-refractivity contribution in [2.45, 2.75) is 30.7 Å². The Kier molecular flexibility index (Phi) is 3.75. The van der Waals surface area contributed by atoms with Crippen molar-refractivity contribution in [2.24, 2.45) is 5.10 Å². The van der Waals surface area contributed by atoms with E-state index in [4.69, 9.17) is 11.6 Å². The van der Waals surface area contributed by atoms with Crippen molar-refractivity contribution in [3.63, 3.8) is 0 Å². The van der Waals surface area contributed by atoms with Gasteiger partial charge < -0.3 is 0 Å². The molecule has 0 fully saturated rings. The number of nitrogens with one attached hydrogen (secondary N) is 1. The molecule has 2 amide bonds. The average Bonchev–Trinajstić information content (AvgIpc) is 2.68. The number of hydrazone groups is 1. The molecule has 0 saturated carbocycles. The molecule has 1 aliphatic heterocycles. The minimum absolute atomic E-state index is 0.0528. The third-order valence-corrected chi connectivity index (χ3v) is 4.72. The summed E-state index contributed by atoms with van der Waals surface area (Å²) < 4.78 is 26.2. The summed E-state index contributed by atoms with van der Waals surface area (Å²) in [7, 11) is -4.02. The Morgan fingerprint density at radius 1 is 1.40 bits per heavy atom. The van der Waals surface area contributed by atoms with Gasteiger partial charge in [0.1, 0.15) is 4.90 Å². The molecule has 1 N–H and O–H groups in total. The van der Waals surface area contributed by atoms with Crippen LogP contribution in [0.5, 0.6) is 0 Å². The Morgan fingerprint density at radius 3 is 2.60 bits per heavy atom. The highest BCUT2D eigenvalue weighted by Crippen LogP contribution is 2.25. The van der Waals surface area contributed by atoms with Crippen LogP contribution in [0, 0.1) is 0 Å². The van der Waals surface area contributed by atoms with E-state index in [1.54, 1.807) is 26.1 Å². The first-order chi connectivity index (χ1) is 9.24. The molecule has 0 bridgehead atoms. The maximum absolute atomic E-state index is 12.1. The molecular formula is C12H14ClN3O3S. The molecule has 1 aliphatic rings. The molecule has 0 atom stereocenters. The van der Waals surface area contributed by atoms with Gasteiger partial charge in [-0.2, -0.15) is 5.10 Å². The van der Waals surface area contributed by atoms with Crippen molar-refractivity contribution >= 4 is 33.9 Å². The Labute approximate surface area is 122 Å². The van der Waals surface area contributed by atoms with Gasteiger partial charge in [-0.05, 0) is 26.0 Å². The van der Waals surface area contributed by atoms with Crippen LogP contribution in [0.4, 0.5) is 4.79 Å². The van der Waals surface area contributed by atoms with Gasteiger partial charge in [0.25, 0.3) is 10.0 Å². The fraction of sp³-hybridized carbons (Fsp3) is 0.333. The Morgan fingerprint density at radius 2 is 2.05 bits per heavy atom. The summed E-state index contributed by atoms with van der Waals surface area (Å²) in [5.41, 5.74) is -0.555. The van der Waals surface area contributed by atoms with Crippen molar-refractivity contribution < 1.29 is 13.2 Å². The van der Waals surface area contributed by atoms with Crippen LogP contribution in [0.1, 0.15) is 20.3 Å². The molecule has 2 rings (SSSR count). The zero-order chi connectivity index (χ0) is 15.0. The number of halogens is 1. The zero-order valence-corrected chi connectivity index (χ0v) is 12.6. The van der Waals surface area contributed by atoms with Crippen LogP contribution in [0.15, 0.2) is 34.3 Å². The molecule has 0 aliphatic carbocycles. The Bertz CT molecular complexity index is 670. The maximum atomic E-state index is 12.1. The summed E-state index contributed by atoms with van der Waals surface area (Å²) in [5.74, 6) is 0. The fourth-order valence-electron chi connectivity index (χ4n) is 1.79. The predicted octanol–water partition coefficient (Wildman–Crippen LogP) is 2.21. The SMILES string of the molecule is CC1(C)CC=NN1C(=O)NS(=O)(=O)c1ccccc1Cl. The second kappa shape index (κ2) is 5.06. The van der Waals surface area contributed by atoms with E-state index in [0.29, 0.717) is 6.42 Å². The average molecular weight is 316 g/mol. The topological polar surface area (TPSA) is 78.8 Å². The van der Waals surface area contributed by atoms with E-state index in [9.17, 15) is 13.2 Å². The van der Waals surface area contributed by atoms with Gasteiger partial charge in [-0.15, -0.1) is 0 Å². The van der Waals surface area contributed by atoms with E-state index < -0.39 is 21.6 Å². The van der Waals surface area contributed by atoms with Crippen LogP contribution < -0.4 is 4.72 Å². The van der Waals surface area contributed by atoms with Crippen molar-refractivity contribution in [1.82, 2.24) is 9.73 Å². The smallest absolute Gasteiger partial charge is 0.245 e. The van der Waals surface area contributed by atoms with E-state index in [1.165, 1.54) is 18.2 Å².